The Balaban J connectivity index is 0.940. The van der Waals surface area contributed by atoms with Gasteiger partial charge in [-0.1, -0.05) is 194 Å². The third-order valence-corrected chi connectivity index (χ3v) is 11.1. The molecule has 3 aromatic heterocycles. The first-order valence-electron chi connectivity index (χ1n) is 19.8. The molecular formula is C55H35N3O. The van der Waals surface area contributed by atoms with Crippen molar-refractivity contribution in [3.8, 4) is 78.5 Å². The standard InChI is InChI=1S/C55H35N3O/c1-4-12-36(13-5-1)38-20-26-41(27-21-38)48-35-49(58-55(57-48)44-16-8-3-9-17-44)42-28-22-39(23-29-42)40-24-30-43(31-25-40)53-54-52(47-18-10-11-19-51(47)59-54)46-33-32-45(34-50(46)56-53)37-14-6-2-7-15-37/h1-35H. The van der Waals surface area contributed by atoms with E-state index >= 15 is 0 Å². The Labute approximate surface area is 341 Å². The van der Waals surface area contributed by atoms with E-state index in [0.29, 0.717) is 5.82 Å². The topological polar surface area (TPSA) is 51.8 Å². The zero-order valence-corrected chi connectivity index (χ0v) is 32.0. The van der Waals surface area contributed by atoms with Gasteiger partial charge in [-0.05, 0) is 51.6 Å². The molecule has 0 aliphatic heterocycles. The first-order valence-corrected chi connectivity index (χ1v) is 19.8. The number of nitrogens with zero attached hydrogens (tertiary/aromatic N) is 3. The van der Waals surface area contributed by atoms with Crippen molar-refractivity contribution >= 4 is 32.8 Å². The maximum Gasteiger partial charge on any atom is 0.162 e. The molecule has 0 atom stereocenters. The number of fused-ring (bicyclic) bond motifs is 5. The van der Waals surface area contributed by atoms with E-state index in [4.69, 9.17) is 19.4 Å². The number of pyridine rings is 1. The zero-order chi connectivity index (χ0) is 39.1. The van der Waals surface area contributed by atoms with Crippen molar-refractivity contribution in [2.24, 2.45) is 0 Å². The fourth-order valence-electron chi connectivity index (χ4n) is 8.07. The number of aromatic nitrogens is 3. The highest BCUT2D eigenvalue weighted by molar-refractivity contribution is 6.21. The highest BCUT2D eigenvalue weighted by Crippen LogP contribution is 2.41. The van der Waals surface area contributed by atoms with Crippen molar-refractivity contribution < 1.29 is 4.42 Å². The first kappa shape index (κ1) is 34.3. The maximum absolute atomic E-state index is 6.55. The molecule has 59 heavy (non-hydrogen) atoms. The molecule has 0 aliphatic rings. The van der Waals surface area contributed by atoms with Crippen molar-refractivity contribution in [3.63, 3.8) is 0 Å². The largest absolute Gasteiger partial charge is 0.454 e. The second-order valence-corrected chi connectivity index (χ2v) is 14.8. The van der Waals surface area contributed by atoms with Crippen LogP contribution in [0.5, 0.6) is 0 Å². The predicted octanol–water partition coefficient (Wildman–Crippen LogP) is 14.6. The van der Waals surface area contributed by atoms with Crippen LogP contribution in [0.25, 0.3) is 111 Å². The van der Waals surface area contributed by atoms with Gasteiger partial charge in [-0.15, -0.1) is 0 Å². The van der Waals surface area contributed by atoms with Crippen LogP contribution in [0.15, 0.2) is 217 Å². The van der Waals surface area contributed by atoms with Gasteiger partial charge in [0.15, 0.2) is 11.4 Å². The van der Waals surface area contributed by atoms with Crippen LogP contribution in [-0.4, -0.2) is 15.0 Å². The second kappa shape index (κ2) is 14.5. The molecule has 4 heteroatoms. The van der Waals surface area contributed by atoms with E-state index in [9.17, 15) is 0 Å². The second-order valence-electron chi connectivity index (χ2n) is 14.8. The van der Waals surface area contributed by atoms with Crippen molar-refractivity contribution in [1.29, 1.82) is 0 Å². The van der Waals surface area contributed by atoms with Gasteiger partial charge in [0.05, 0.1) is 16.9 Å². The monoisotopic (exact) mass is 753 g/mol. The van der Waals surface area contributed by atoms with E-state index in [0.717, 1.165) is 94.4 Å². The molecule has 0 fully saturated rings. The third-order valence-electron chi connectivity index (χ3n) is 11.1. The molecule has 0 spiro atoms. The van der Waals surface area contributed by atoms with Gasteiger partial charge < -0.3 is 4.42 Å². The van der Waals surface area contributed by atoms with Gasteiger partial charge in [-0.25, -0.2) is 15.0 Å². The van der Waals surface area contributed by atoms with Crippen LogP contribution in [-0.2, 0) is 0 Å². The first-order chi connectivity index (χ1) is 29.2. The smallest absolute Gasteiger partial charge is 0.162 e. The maximum atomic E-state index is 6.55. The third kappa shape index (κ3) is 6.43. The molecule has 4 nitrogen and oxygen atoms in total. The molecule has 0 saturated heterocycles. The lowest BCUT2D eigenvalue weighted by Crippen LogP contribution is -1.96. The number of hydrogen-bond donors (Lipinski definition) is 0. The van der Waals surface area contributed by atoms with Gasteiger partial charge >= 0.3 is 0 Å². The molecule has 8 aromatic carbocycles. The van der Waals surface area contributed by atoms with Crippen LogP contribution in [0.3, 0.4) is 0 Å². The summed E-state index contributed by atoms with van der Waals surface area (Å²) in [5.41, 5.74) is 16.1. The molecule has 11 rings (SSSR count). The lowest BCUT2D eigenvalue weighted by atomic mass is 9.98. The normalized spacial score (nSPS) is 11.4. The van der Waals surface area contributed by atoms with Crippen LogP contribution in [0, 0.1) is 0 Å². The highest BCUT2D eigenvalue weighted by atomic mass is 16.3. The average Bonchev–Trinajstić information content (AvgIpc) is 3.72. The Bertz CT molecular complexity index is 3270. The molecule has 0 unspecified atom stereocenters. The Kier molecular flexibility index (Phi) is 8.45. The van der Waals surface area contributed by atoms with E-state index < -0.39 is 0 Å². The summed E-state index contributed by atoms with van der Waals surface area (Å²) in [6, 6.07) is 73.8. The molecule has 276 valence electrons. The SMILES string of the molecule is c1ccc(-c2ccc(-c3cc(-c4ccc(-c5ccc(-c6nc7cc(-c8ccccc8)ccc7c7c6oc6ccccc67)cc5)cc4)nc(-c4ccccc4)n3)cc2)cc1. The predicted molar refractivity (Wildman–Crippen MR) is 243 cm³/mol. The van der Waals surface area contributed by atoms with Gasteiger partial charge in [-0.3, -0.25) is 0 Å². The summed E-state index contributed by atoms with van der Waals surface area (Å²) in [6.45, 7) is 0. The fourth-order valence-corrected chi connectivity index (χ4v) is 8.07. The minimum atomic E-state index is 0.696. The van der Waals surface area contributed by atoms with E-state index in [1.165, 1.54) is 11.1 Å². The summed E-state index contributed by atoms with van der Waals surface area (Å²) in [7, 11) is 0. The highest BCUT2D eigenvalue weighted by Gasteiger charge is 2.19. The zero-order valence-electron chi connectivity index (χ0n) is 32.0. The van der Waals surface area contributed by atoms with Crippen LogP contribution >= 0.6 is 0 Å². The molecule has 3 heterocycles. The summed E-state index contributed by atoms with van der Waals surface area (Å²) in [4.78, 5) is 15.4. The molecule has 0 radical (unpaired) electrons. The van der Waals surface area contributed by atoms with Gasteiger partial charge in [-0.2, -0.15) is 0 Å². The Morgan fingerprint density at radius 2 is 0.746 bits per heavy atom. The molecule has 0 amide bonds. The average molecular weight is 754 g/mol. The number of para-hydroxylation sites is 1. The molecule has 11 aromatic rings. The van der Waals surface area contributed by atoms with Gasteiger partial charge in [0.25, 0.3) is 0 Å². The fraction of sp³-hybridized carbons (Fsp3) is 0. The summed E-state index contributed by atoms with van der Waals surface area (Å²) in [6.07, 6.45) is 0. The van der Waals surface area contributed by atoms with Crippen LogP contribution in [0.4, 0.5) is 0 Å². The quantitative estimate of drug-likeness (QED) is 0.163. The van der Waals surface area contributed by atoms with Crippen molar-refractivity contribution in [2.75, 3.05) is 0 Å². The molecule has 0 aliphatic carbocycles. The van der Waals surface area contributed by atoms with Crippen LogP contribution in [0.2, 0.25) is 0 Å². The van der Waals surface area contributed by atoms with Crippen molar-refractivity contribution in [3.05, 3.63) is 212 Å². The summed E-state index contributed by atoms with van der Waals surface area (Å²) in [5.74, 6) is 0.696. The number of hydrogen-bond acceptors (Lipinski definition) is 4. The van der Waals surface area contributed by atoms with Crippen molar-refractivity contribution in [1.82, 2.24) is 15.0 Å². The summed E-state index contributed by atoms with van der Waals surface area (Å²) >= 11 is 0. The lowest BCUT2D eigenvalue weighted by molar-refractivity contribution is 0.669. The van der Waals surface area contributed by atoms with E-state index in [2.05, 4.69) is 170 Å². The molecule has 0 saturated carbocycles. The number of rotatable bonds is 7. The van der Waals surface area contributed by atoms with Gasteiger partial charge in [0.2, 0.25) is 0 Å². The Morgan fingerprint density at radius 1 is 0.305 bits per heavy atom. The molecule has 0 bridgehead atoms. The van der Waals surface area contributed by atoms with E-state index in [-0.39, 0.29) is 0 Å². The number of furan rings is 1. The van der Waals surface area contributed by atoms with E-state index in [1.54, 1.807) is 0 Å². The lowest BCUT2D eigenvalue weighted by Gasteiger charge is -2.11. The number of benzene rings is 8. The minimum absolute atomic E-state index is 0.696. The Morgan fingerprint density at radius 3 is 1.32 bits per heavy atom. The molecular weight excluding hydrogens is 719 g/mol. The molecule has 0 N–H and O–H groups in total. The van der Waals surface area contributed by atoms with E-state index in [1.807, 2.05) is 42.5 Å². The minimum Gasteiger partial charge on any atom is -0.454 e. The van der Waals surface area contributed by atoms with Gasteiger partial charge in [0.1, 0.15) is 11.3 Å². The Hall–Kier alpha value is -7.95. The summed E-state index contributed by atoms with van der Waals surface area (Å²) in [5, 5.41) is 3.26. The van der Waals surface area contributed by atoms with Crippen molar-refractivity contribution in [2.45, 2.75) is 0 Å². The van der Waals surface area contributed by atoms with Gasteiger partial charge in [0, 0.05) is 38.4 Å². The van der Waals surface area contributed by atoms with Crippen LogP contribution in [0.1, 0.15) is 0 Å². The van der Waals surface area contributed by atoms with Crippen LogP contribution < -0.4 is 0 Å². The summed E-state index contributed by atoms with van der Waals surface area (Å²) < 4.78 is 6.55.